The number of nitrogens with one attached hydrogen (secondary N) is 1. The highest BCUT2D eigenvalue weighted by atomic mass is 32.2. The largest absolute Gasteiger partial charge is 0.353 e. The van der Waals surface area contributed by atoms with E-state index in [1.165, 1.54) is 0 Å². The number of benzene rings is 1. The molecule has 1 aromatic carbocycles. The molecule has 3 rings (SSSR count). The highest BCUT2D eigenvalue weighted by Crippen LogP contribution is 2.27. The number of aryl methyl sites for hydroxylation is 3. The van der Waals surface area contributed by atoms with Gasteiger partial charge >= 0.3 is 0 Å². The number of nitrogens with zero attached hydrogens (tertiary/aromatic N) is 3. The van der Waals surface area contributed by atoms with Gasteiger partial charge in [-0.3, -0.25) is 4.90 Å². The van der Waals surface area contributed by atoms with Crippen LogP contribution < -0.4 is 4.72 Å². The minimum absolute atomic E-state index is 0.00462. The third kappa shape index (κ3) is 4.58. The molecule has 1 atom stereocenters. The molecule has 0 amide bonds. The van der Waals surface area contributed by atoms with E-state index in [0.29, 0.717) is 11.4 Å². The number of hydrogen-bond donors (Lipinski definition) is 1. The van der Waals surface area contributed by atoms with E-state index in [9.17, 15) is 8.42 Å². The van der Waals surface area contributed by atoms with Crippen molar-refractivity contribution in [1.29, 1.82) is 0 Å². The first kappa shape index (κ1) is 22.0. The van der Waals surface area contributed by atoms with Crippen molar-refractivity contribution in [3.8, 4) is 0 Å². The molecule has 1 unspecified atom stereocenters. The Morgan fingerprint density at radius 2 is 1.59 bits per heavy atom. The summed E-state index contributed by atoms with van der Waals surface area (Å²) in [4.78, 5) is 5.13. The van der Waals surface area contributed by atoms with E-state index in [-0.39, 0.29) is 6.04 Å². The molecule has 1 fully saturated rings. The number of rotatable bonds is 6. The standard InChI is InChI=1S/C22H34N4O2S/c1-16-14-17(2)19(4)22(18(16)3)29(27,28)23-15-21(20-8-7-9-25(20)6)26-12-10-24(5)11-13-26/h7-9,14,21,23H,10-13,15H2,1-6H3. The van der Waals surface area contributed by atoms with Gasteiger partial charge in [0.15, 0.2) is 0 Å². The first-order valence-electron chi connectivity index (χ1n) is 10.2. The third-order valence-corrected chi connectivity index (χ3v) is 8.03. The molecule has 2 heterocycles. The van der Waals surface area contributed by atoms with Gasteiger partial charge in [-0.1, -0.05) is 6.07 Å². The predicted molar refractivity (Wildman–Crippen MR) is 118 cm³/mol. The van der Waals surface area contributed by atoms with Crippen molar-refractivity contribution >= 4 is 10.0 Å². The topological polar surface area (TPSA) is 57.6 Å². The molecule has 1 saturated heterocycles. The zero-order valence-corrected chi connectivity index (χ0v) is 19.3. The normalized spacial score (nSPS) is 17.6. The van der Waals surface area contributed by atoms with Gasteiger partial charge < -0.3 is 9.47 Å². The summed E-state index contributed by atoms with van der Waals surface area (Å²) in [5.41, 5.74) is 4.80. The average Bonchev–Trinajstić information content (AvgIpc) is 3.07. The zero-order chi connectivity index (χ0) is 21.3. The summed E-state index contributed by atoms with van der Waals surface area (Å²) in [5.74, 6) is 0. The van der Waals surface area contributed by atoms with Crippen LogP contribution in [0.3, 0.4) is 0 Å². The van der Waals surface area contributed by atoms with Crippen molar-refractivity contribution in [2.24, 2.45) is 7.05 Å². The molecule has 160 valence electrons. The second-order valence-electron chi connectivity index (χ2n) is 8.34. The molecule has 0 aliphatic carbocycles. The van der Waals surface area contributed by atoms with Crippen molar-refractivity contribution in [2.75, 3.05) is 39.8 Å². The van der Waals surface area contributed by atoms with Crippen molar-refractivity contribution in [3.63, 3.8) is 0 Å². The van der Waals surface area contributed by atoms with E-state index in [4.69, 9.17) is 0 Å². The van der Waals surface area contributed by atoms with Crippen LogP contribution in [0.25, 0.3) is 0 Å². The summed E-state index contributed by atoms with van der Waals surface area (Å²) in [5, 5.41) is 0. The summed E-state index contributed by atoms with van der Waals surface area (Å²) in [6, 6.07) is 6.17. The first-order chi connectivity index (χ1) is 13.6. The van der Waals surface area contributed by atoms with E-state index >= 15 is 0 Å². The molecular formula is C22H34N4O2S. The highest BCUT2D eigenvalue weighted by Gasteiger charge is 2.29. The number of sulfonamides is 1. The van der Waals surface area contributed by atoms with Gasteiger partial charge in [0, 0.05) is 51.7 Å². The van der Waals surface area contributed by atoms with Crippen molar-refractivity contribution in [3.05, 3.63) is 52.3 Å². The Kier molecular flexibility index (Phi) is 6.53. The van der Waals surface area contributed by atoms with Gasteiger partial charge in [0.2, 0.25) is 10.0 Å². The molecule has 0 saturated carbocycles. The van der Waals surface area contributed by atoms with E-state index < -0.39 is 10.0 Å². The lowest BCUT2D eigenvalue weighted by Gasteiger charge is -2.38. The lowest BCUT2D eigenvalue weighted by Crippen LogP contribution is -2.49. The second-order valence-corrected chi connectivity index (χ2v) is 10.0. The van der Waals surface area contributed by atoms with Gasteiger partial charge in [-0.25, -0.2) is 13.1 Å². The smallest absolute Gasteiger partial charge is 0.241 e. The van der Waals surface area contributed by atoms with E-state index in [1.807, 2.05) is 47.0 Å². The van der Waals surface area contributed by atoms with Gasteiger partial charge in [-0.05, 0) is 69.1 Å². The molecular weight excluding hydrogens is 384 g/mol. The zero-order valence-electron chi connectivity index (χ0n) is 18.5. The average molecular weight is 419 g/mol. The van der Waals surface area contributed by atoms with Crippen molar-refractivity contribution in [1.82, 2.24) is 19.1 Å². The molecule has 0 spiro atoms. The van der Waals surface area contributed by atoms with Gasteiger partial charge in [-0.15, -0.1) is 0 Å². The van der Waals surface area contributed by atoms with Crippen LogP contribution in [-0.2, 0) is 17.1 Å². The lowest BCUT2D eigenvalue weighted by atomic mass is 10.0. The number of hydrogen-bond acceptors (Lipinski definition) is 4. The monoisotopic (exact) mass is 418 g/mol. The van der Waals surface area contributed by atoms with Gasteiger partial charge in [0.1, 0.15) is 0 Å². The Balaban J connectivity index is 1.89. The first-order valence-corrected chi connectivity index (χ1v) is 11.7. The van der Waals surface area contributed by atoms with Crippen LogP contribution in [0.2, 0.25) is 0 Å². The Bertz CT molecular complexity index is 947. The fourth-order valence-electron chi connectivity index (χ4n) is 4.22. The Morgan fingerprint density at radius 3 is 2.10 bits per heavy atom. The van der Waals surface area contributed by atoms with E-state index in [0.717, 1.165) is 54.1 Å². The molecule has 1 aliphatic rings. The fraction of sp³-hybridized carbons (Fsp3) is 0.545. The molecule has 29 heavy (non-hydrogen) atoms. The molecule has 6 nitrogen and oxygen atoms in total. The minimum atomic E-state index is -3.61. The van der Waals surface area contributed by atoms with Gasteiger partial charge in [0.05, 0.1) is 10.9 Å². The maximum atomic E-state index is 13.3. The van der Waals surface area contributed by atoms with Crippen LogP contribution in [0.15, 0.2) is 29.3 Å². The van der Waals surface area contributed by atoms with Crippen molar-refractivity contribution < 1.29 is 8.42 Å². The molecule has 1 aromatic heterocycles. The Morgan fingerprint density at radius 1 is 1.00 bits per heavy atom. The third-order valence-electron chi connectivity index (χ3n) is 6.34. The van der Waals surface area contributed by atoms with Crippen LogP contribution in [-0.4, -0.2) is 62.6 Å². The number of piperazine rings is 1. The highest BCUT2D eigenvalue weighted by molar-refractivity contribution is 7.89. The van der Waals surface area contributed by atoms with E-state index in [2.05, 4.69) is 38.3 Å². The molecule has 1 N–H and O–H groups in total. The van der Waals surface area contributed by atoms with Crippen LogP contribution >= 0.6 is 0 Å². The summed E-state index contributed by atoms with van der Waals surface area (Å²) in [6.45, 7) is 11.9. The van der Waals surface area contributed by atoms with Crippen molar-refractivity contribution in [2.45, 2.75) is 38.6 Å². The van der Waals surface area contributed by atoms with Crippen LogP contribution in [0.5, 0.6) is 0 Å². The summed E-state index contributed by atoms with van der Waals surface area (Å²) in [6.07, 6.45) is 2.02. The summed E-state index contributed by atoms with van der Waals surface area (Å²) < 4.78 is 31.7. The molecule has 1 aliphatic heterocycles. The molecule has 7 heteroatoms. The predicted octanol–water partition coefficient (Wildman–Crippen LogP) is 2.53. The SMILES string of the molecule is Cc1cc(C)c(C)c(S(=O)(=O)NCC(c2cccn2C)N2CCN(C)CC2)c1C. The quantitative estimate of drug-likeness (QED) is 0.783. The Hall–Kier alpha value is -1.67. The van der Waals surface area contributed by atoms with Crippen LogP contribution in [0.4, 0.5) is 0 Å². The van der Waals surface area contributed by atoms with Crippen LogP contribution in [0.1, 0.15) is 34.0 Å². The maximum Gasteiger partial charge on any atom is 0.241 e. The fourth-order valence-corrected chi connectivity index (χ4v) is 5.87. The summed E-state index contributed by atoms with van der Waals surface area (Å²) in [7, 11) is 0.536. The number of aromatic nitrogens is 1. The molecule has 0 radical (unpaired) electrons. The van der Waals surface area contributed by atoms with E-state index in [1.54, 1.807) is 0 Å². The van der Waals surface area contributed by atoms with Gasteiger partial charge in [0.25, 0.3) is 0 Å². The minimum Gasteiger partial charge on any atom is -0.353 e. The van der Waals surface area contributed by atoms with Gasteiger partial charge in [-0.2, -0.15) is 0 Å². The molecule has 2 aromatic rings. The lowest BCUT2D eigenvalue weighted by molar-refractivity contribution is 0.109. The molecule has 0 bridgehead atoms. The summed E-state index contributed by atoms with van der Waals surface area (Å²) >= 11 is 0. The number of likely N-dealkylation sites (N-methyl/N-ethyl adjacent to an activating group) is 1. The Labute approximate surface area is 175 Å². The maximum absolute atomic E-state index is 13.3. The second kappa shape index (κ2) is 8.60. The van der Waals surface area contributed by atoms with Crippen LogP contribution in [0, 0.1) is 27.7 Å².